The van der Waals surface area contributed by atoms with Crippen molar-refractivity contribution < 1.29 is 0 Å². The van der Waals surface area contributed by atoms with Gasteiger partial charge in [-0.3, -0.25) is 0 Å². The number of nitrogens with zero attached hydrogens (tertiary/aromatic N) is 2. The highest BCUT2D eigenvalue weighted by molar-refractivity contribution is 7.99. The van der Waals surface area contributed by atoms with Crippen LogP contribution < -0.4 is 17.0 Å². The maximum atomic E-state index is 10.7. The van der Waals surface area contributed by atoms with Gasteiger partial charge in [-0.1, -0.05) is 6.92 Å². The molecule has 0 bridgehead atoms. The smallest absolute Gasteiger partial charge is 0.306 e. The molecule has 7 heteroatoms. The van der Waals surface area contributed by atoms with Crippen molar-refractivity contribution in [2.45, 2.75) is 11.9 Å². The molecule has 0 amide bonds. The van der Waals surface area contributed by atoms with Gasteiger partial charge in [0.25, 0.3) is 0 Å². The summed E-state index contributed by atoms with van der Waals surface area (Å²) < 4.78 is 0. The first kappa shape index (κ1) is 9.01. The van der Waals surface area contributed by atoms with Crippen LogP contribution in [0.5, 0.6) is 0 Å². The molecule has 0 saturated carbocycles. The molecule has 6 nitrogen and oxygen atoms in total. The average Bonchev–Trinajstić information content (AvgIpc) is 2.08. The summed E-state index contributed by atoms with van der Waals surface area (Å²) in [4.78, 5) is 14.3. The molecule has 0 spiro atoms. The van der Waals surface area contributed by atoms with Crippen molar-refractivity contribution in [3.63, 3.8) is 0 Å². The third-order valence-electron chi connectivity index (χ3n) is 1.09. The van der Waals surface area contributed by atoms with E-state index in [1.54, 1.807) is 0 Å². The van der Waals surface area contributed by atoms with Crippen molar-refractivity contribution in [1.29, 1.82) is 0 Å². The Kier molecular flexibility index (Phi) is 3.06. The van der Waals surface area contributed by atoms with E-state index in [-0.39, 0.29) is 0 Å². The van der Waals surface area contributed by atoms with Crippen LogP contribution in [0.1, 0.15) is 6.92 Å². The molecule has 0 radical (unpaired) electrons. The zero-order valence-corrected chi connectivity index (χ0v) is 7.31. The lowest BCUT2D eigenvalue weighted by Gasteiger charge is -2.01. The van der Waals surface area contributed by atoms with Crippen LogP contribution in [0.15, 0.2) is 9.82 Å². The van der Waals surface area contributed by atoms with Gasteiger partial charge < -0.3 is 5.43 Å². The van der Waals surface area contributed by atoms with Crippen molar-refractivity contribution in [3.05, 3.63) is 10.5 Å². The number of nitrogens with one attached hydrogen (secondary N) is 2. The van der Waals surface area contributed by atoms with Gasteiger partial charge in [-0.05, 0) is 5.75 Å². The molecule has 0 aliphatic rings. The molecule has 0 unspecified atom stereocenters. The Balaban J connectivity index is 3.02. The van der Waals surface area contributed by atoms with Crippen LogP contribution in [0.4, 0.5) is 5.82 Å². The Morgan fingerprint density at radius 3 is 3.08 bits per heavy atom. The van der Waals surface area contributed by atoms with E-state index in [2.05, 4.69) is 20.6 Å². The van der Waals surface area contributed by atoms with Crippen LogP contribution in [-0.4, -0.2) is 20.9 Å². The number of thioether (sulfide) groups is 1. The Morgan fingerprint density at radius 2 is 2.50 bits per heavy atom. The molecule has 1 aromatic heterocycles. The zero-order valence-electron chi connectivity index (χ0n) is 6.50. The maximum Gasteiger partial charge on any atom is 0.363 e. The summed E-state index contributed by atoms with van der Waals surface area (Å²) in [5, 5.41) is 6.58. The molecule has 1 heterocycles. The van der Waals surface area contributed by atoms with Crippen LogP contribution >= 0.6 is 11.8 Å². The molecule has 1 aromatic rings. The molecular formula is C5H9N5OS. The number of hydrogen-bond donors (Lipinski definition) is 3. The van der Waals surface area contributed by atoms with Crippen LogP contribution in [-0.2, 0) is 0 Å². The van der Waals surface area contributed by atoms with E-state index >= 15 is 0 Å². The molecule has 0 aliphatic heterocycles. The highest BCUT2D eigenvalue weighted by Crippen LogP contribution is 2.18. The fraction of sp³-hybridized carbons (Fsp3) is 0.400. The van der Waals surface area contributed by atoms with Gasteiger partial charge in [0.1, 0.15) is 0 Å². The van der Waals surface area contributed by atoms with Crippen molar-refractivity contribution in [1.82, 2.24) is 15.2 Å². The molecule has 4 N–H and O–H groups in total. The molecule has 0 saturated heterocycles. The van der Waals surface area contributed by atoms with E-state index in [1.807, 2.05) is 6.92 Å². The van der Waals surface area contributed by atoms with Crippen LogP contribution in [0.2, 0.25) is 0 Å². The number of nitrogen functional groups attached to an aromatic ring is 1. The van der Waals surface area contributed by atoms with E-state index in [9.17, 15) is 4.79 Å². The largest absolute Gasteiger partial charge is 0.363 e. The van der Waals surface area contributed by atoms with Crippen LogP contribution in [0.3, 0.4) is 0 Å². The molecule has 0 fully saturated rings. The first-order valence-corrected chi connectivity index (χ1v) is 4.32. The molecule has 1 rings (SSSR count). The monoisotopic (exact) mass is 187 g/mol. The fourth-order valence-electron chi connectivity index (χ4n) is 0.657. The van der Waals surface area contributed by atoms with Crippen LogP contribution in [0, 0.1) is 0 Å². The molecule has 12 heavy (non-hydrogen) atoms. The first-order chi connectivity index (χ1) is 5.77. The van der Waals surface area contributed by atoms with E-state index < -0.39 is 5.69 Å². The number of nitrogens with two attached hydrogens (primary N) is 1. The van der Waals surface area contributed by atoms with E-state index in [4.69, 9.17) is 5.84 Å². The lowest BCUT2D eigenvalue weighted by molar-refractivity contribution is 0.838. The second-order valence-electron chi connectivity index (χ2n) is 1.87. The standard InChI is InChI=1S/C5H9N5OS/c1-2-12-4-3(8-6)7-5(11)10-9-4/h2,6H2,1H3,(H2,7,8,10,11). The average molecular weight is 187 g/mol. The van der Waals surface area contributed by atoms with Crippen molar-refractivity contribution in [2.24, 2.45) is 5.84 Å². The van der Waals surface area contributed by atoms with Crippen molar-refractivity contribution in [3.8, 4) is 0 Å². The van der Waals surface area contributed by atoms with E-state index in [1.165, 1.54) is 11.8 Å². The topological polar surface area (TPSA) is 96.7 Å². The second-order valence-corrected chi connectivity index (χ2v) is 3.12. The third kappa shape index (κ3) is 1.95. The first-order valence-electron chi connectivity index (χ1n) is 3.34. The minimum Gasteiger partial charge on any atom is -0.306 e. The van der Waals surface area contributed by atoms with Gasteiger partial charge in [0.15, 0.2) is 10.8 Å². The van der Waals surface area contributed by atoms with Gasteiger partial charge in [-0.15, -0.1) is 11.8 Å². The van der Waals surface area contributed by atoms with Gasteiger partial charge in [0, 0.05) is 0 Å². The van der Waals surface area contributed by atoms with Gasteiger partial charge >= 0.3 is 5.69 Å². The highest BCUT2D eigenvalue weighted by atomic mass is 32.2. The Labute approximate surface area is 72.9 Å². The summed E-state index contributed by atoms with van der Waals surface area (Å²) in [6.45, 7) is 1.97. The van der Waals surface area contributed by atoms with Gasteiger partial charge in [0.05, 0.1) is 0 Å². The zero-order chi connectivity index (χ0) is 8.97. The molecule has 0 atom stereocenters. The molecule has 66 valence electrons. The summed E-state index contributed by atoms with van der Waals surface area (Å²) in [5.41, 5.74) is 1.80. The number of hydrogen-bond acceptors (Lipinski definition) is 6. The summed E-state index contributed by atoms with van der Waals surface area (Å²) in [6.07, 6.45) is 0. The highest BCUT2D eigenvalue weighted by Gasteiger charge is 2.04. The summed E-state index contributed by atoms with van der Waals surface area (Å²) in [5.74, 6) is 6.28. The SMILES string of the molecule is CCSc1n[nH]c(=O)nc1NN. The van der Waals surface area contributed by atoms with E-state index in [0.29, 0.717) is 10.8 Å². The number of hydrazine groups is 1. The lowest BCUT2D eigenvalue weighted by Crippen LogP contribution is -2.19. The number of anilines is 1. The minimum atomic E-state index is -0.511. The minimum absolute atomic E-state index is 0.311. The van der Waals surface area contributed by atoms with E-state index in [0.717, 1.165) is 5.75 Å². The Morgan fingerprint density at radius 1 is 1.75 bits per heavy atom. The predicted molar refractivity (Wildman–Crippen MR) is 46.9 cm³/mol. The number of rotatable bonds is 3. The van der Waals surface area contributed by atoms with Gasteiger partial charge in [-0.25, -0.2) is 15.7 Å². The van der Waals surface area contributed by atoms with Crippen molar-refractivity contribution in [2.75, 3.05) is 11.2 Å². The summed E-state index contributed by atoms with van der Waals surface area (Å²) >= 11 is 1.45. The number of aromatic amines is 1. The second kappa shape index (κ2) is 4.07. The van der Waals surface area contributed by atoms with Gasteiger partial charge in [0.2, 0.25) is 0 Å². The summed E-state index contributed by atoms with van der Waals surface area (Å²) in [6, 6.07) is 0. The molecular weight excluding hydrogens is 178 g/mol. The van der Waals surface area contributed by atoms with Gasteiger partial charge in [-0.2, -0.15) is 10.1 Å². The molecule has 0 aromatic carbocycles. The summed E-state index contributed by atoms with van der Waals surface area (Å²) in [7, 11) is 0. The predicted octanol–water partition coefficient (Wildman–Crippen LogP) is -0.438. The van der Waals surface area contributed by atoms with Crippen LogP contribution in [0.25, 0.3) is 0 Å². The third-order valence-corrected chi connectivity index (χ3v) is 1.93. The fourth-order valence-corrected chi connectivity index (χ4v) is 1.28. The quantitative estimate of drug-likeness (QED) is 0.337. The number of aromatic nitrogens is 3. The molecule has 0 aliphatic carbocycles. The Bertz CT molecular complexity index is 311. The maximum absolute atomic E-state index is 10.7. The lowest BCUT2D eigenvalue weighted by atomic mass is 10.7. The number of H-pyrrole nitrogens is 1. The van der Waals surface area contributed by atoms with Crippen molar-refractivity contribution >= 4 is 17.6 Å². The normalized spacial score (nSPS) is 9.83. The Hall–Kier alpha value is -1.08.